The first kappa shape index (κ1) is 19.4. The lowest BCUT2D eigenvalue weighted by Crippen LogP contribution is -2.50. The summed E-state index contributed by atoms with van der Waals surface area (Å²) in [5, 5.41) is 3.62. The second-order valence-corrected chi connectivity index (χ2v) is 7.92. The zero-order valence-electron chi connectivity index (χ0n) is 14.2. The van der Waals surface area contributed by atoms with Crippen molar-refractivity contribution in [1.29, 1.82) is 0 Å². The smallest absolute Gasteiger partial charge is 0.361 e. The van der Waals surface area contributed by atoms with Gasteiger partial charge in [-0.1, -0.05) is 17.3 Å². The molecule has 1 aromatic heterocycles. The highest BCUT2D eigenvalue weighted by Crippen LogP contribution is 2.35. The van der Waals surface area contributed by atoms with E-state index in [1.165, 1.54) is 17.0 Å². The molecule has 11 heteroatoms. The van der Waals surface area contributed by atoms with Gasteiger partial charge in [-0.2, -0.15) is 17.5 Å². The number of aryl methyl sites for hydroxylation is 1. The van der Waals surface area contributed by atoms with E-state index in [0.29, 0.717) is 5.76 Å². The molecule has 1 saturated heterocycles. The molecule has 7 nitrogen and oxygen atoms in total. The third-order valence-electron chi connectivity index (χ3n) is 4.18. The lowest BCUT2D eigenvalue weighted by molar-refractivity contribution is -0.139. The van der Waals surface area contributed by atoms with Crippen LogP contribution in [-0.4, -0.2) is 54.9 Å². The Labute approximate surface area is 153 Å². The van der Waals surface area contributed by atoms with Crippen molar-refractivity contribution in [1.82, 2.24) is 14.4 Å². The molecular weight excluding hydrogens is 387 g/mol. The standard InChI is InChI=1S/C16H16F3N3O4S/c1-11-10-13(20-26-11)15(23)21-6-8-22(9-7-21)27(24,25)14-5-3-2-4-12(14)16(17,18)19/h2-5,10H,6-9H2,1H3. The van der Waals surface area contributed by atoms with Crippen LogP contribution in [0.15, 0.2) is 39.8 Å². The second-order valence-electron chi connectivity index (χ2n) is 6.01. The molecule has 0 aliphatic carbocycles. The minimum absolute atomic E-state index is 0.0398. The van der Waals surface area contributed by atoms with E-state index in [1.54, 1.807) is 6.92 Å². The maximum Gasteiger partial charge on any atom is 0.417 e. The van der Waals surface area contributed by atoms with Gasteiger partial charge in [-0.3, -0.25) is 4.79 Å². The molecule has 27 heavy (non-hydrogen) atoms. The van der Waals surface area contributed by atoms with Crippen molar-refractivity contribution in [2.45, 2.75) is 18.0 Å². The molecule has 2 heterocycles. The van der Waals surface area contributed by atoms with Crippen LogP contribution >= 0.6 is 0 Å². The Morgan fingerprint density at radius 1 is 1.15 bits per heavy atom. The predicted octanol–water partition coefficient (Wildman–Crippen LogP) is 2.15. The third kappa shape index (κ3) is 3.83. The Morgan fingerprint density at radius 2 is 1.78 bits per heavy atom. The summed E-state index contributed by atoms with van der Waals surface area (Å²) in [4.78, 5) is 12.9. The first-order valence-electron chi connectivity index (χ1n) is 7.99. The Hall–Kier alpha value is -2.40. The third-order valence-corrected chi connectivity index (χ3v) is 6.14. The SMILES string of the molecule is Cc1cc(C(=O)N2CCN(S(=O)(=O)c3ccccc3C(F)(F)F)CC2)no1. The van der Waals surface area contributed by atoms with Crippen LogP contribution in [0.1, 0.15) is 21.8 Å². The Bertz CT molecular complexity index is 948. The summed E-state index contributed by atoms with van der Waals surface area (Å²) in [5.74, 6) is 0.0444. The average Bonchev–Trinajstić information content (AvgIpc) is 3.07. The Morgan fingerprint density at radius 3 is 2.33 bits per heavy atom. The minimum atomic E-state index is -4.79. The van der Waals surface area contributed by atoms with E-state index in [-0.39, 0.29) is 31.9 Å². The van der Waals surface area contributed by atoms with Crippen LogP contribution in [0.2, 0.25) is 0 Å². The summed E-state index contributed by atoms with van der Waals surface area (Å²) in [6.07, 6.45) is -4.79. The van der Waals surface area contributed by atoms with Gasteiger partial charge in [-0.15, -0.1) is 0 Å². The maximum atomic E-state index is 13.2. The van der Waals surface area contributed by atoms with Crippen molar-refractivity contribution in [3.8, 4) is 0 Å². The van der Waals surface area contributed by atoms with E-state index in [2.05, 4.69) is 5.16 Å². The summed E-state index contributed by atoms with van der Waals surface area (Å²) in [5.41, 5.74) is -1.10. The first-order valence-corrected chi connectivity index (χ1v) is 9.43. The van der Waals surface area contributed by atoms with Crippen LogP contribution in [0.3, 0.4) is 0 Å². The lowest BCUT2D eigenvalue weighted by atomic mass is 10.2. The first-order chi connectivity index (χ1) is 12.6. The number of amides is 1. The number of aromatic nitrogens is 1. The van der Waals surface area contributed by atoms with E-state index >= 15 is 0 Å². The zero-order valence-corrected chi connectivity index (χ0v) is 15.0. The average molecular weight is 403 g/mol. The molecule has 1 aliphatic heterocycles. The van der Waals surface area contributed by atoms with Gasteiger partial charge < -0.3 is 9.42 Å². The highest BCUT2D eigenvalue weighted by molar-refractivity contribution is 7.89. The van der Waals surface area contributed by atoms with E-state index < -0.39 is 32.6 Å². The molecule has 0 bridgehead atoms. The number of piperazine rings is 1. The summed E-state index contributed by atoms with van der Waals surface area (Å²) < 4.78 is 70.7. The number of rotatable bonds is 3. The van der Waals surface area contributed by atoms with Crippen LogP contribution < -0.4 is 0 Å². The molecule has 0 spiro atoms. The van der Waals surface area contributed by atoms with Crippen LogP contribution in [0.5, 0.6) is 0 Å². The molecule has 1 aliphatic rings. The number of benzene rings is 1. The molecular formula is C16H16F3N3O4S. The molecule has 0 saturated carbocycles. The molecule has 1 aromatic carbocycles. The Balaban J connectivity index is 1.77. The molecule has 1 amide bonds. The maximum absolute atomic E-state index is 13.2. The van der Waals surface area contributed by atoms with E-state index in [1.807, 2.05) is 0 Å². The normalized spacial score (nSPS) is 16.5. The molecule has 0 unspecified atom stereocenters. The number of hydrogen-bond donors (Lipinski definition) is 0. The van der Waals surface area contributed by atoms with Crippen LogP contribution in [0.4, 0.5) is 13.2 Å². The van der Waals surface area contributed by atoms with Gasteiger partial charge in [0.1, 0.15) is 5.76 Å². The highest BCUT2D eigenvalue weighted by Gasteiger charge is 2.39. The van der Waals surface area contributed by atoms with Crippen molar-refractivity contribution in [2.75, 3.05) is 26.2 Å². The summed E-state index contributed by atoms with van der Waals surface area (Å²) in [7, 11) is -4.34. The number of hydrogen-bond acceptors (Lipinski definition) is 5. The molecule has 0 atom stereocenters. The van der Waals surface area contributed by atoms with Gasteiger partial charge >= 0.3 is 6.18 Å². The quantitative estimate of drug-likeness (QED) is 0.784. The summed E-state index contributed by atoms with van der Waals surface area (Å²) >= 11 is 0. The van der Waals surface area contributed by atoms with Gasteiger partial charge in [0.25, 0.3) is 5.91 Å². The highest BCUT2D eigenvalue weighted by atomic mass is 32.2. The van der Waals surface area contributed by atoms with Crippen LogP contribution in [0, 0.1) is 6.92 Å². The molecule has 2 aromatic rings. The van der Waals surface area contributed by atoms with Gasteiger partial charge in [0.2, 0.25) is 10.0 Å². The lowest BCUT2D eigenvalue weighted by Gasteiger charge is -2.34. The number of carbonyl (C=O) groups is 1. The topological polar surface area (TPSA) is 83.7 Å². The number of sulfonamides is 1. The number of alkyl halides is 3. The monoisotopic (exact) mass is 403 g/mol. The summed E-state index contributed by atoms with van der Waals surface area (Å²) in [6, 6.07) is 5.52. The van der Waals surface area contributed by atoms with Gasteiger partial charge in [0, 0.05) is 32.2 Å². The van der Waals surface area contributed by atoms with Gasteiger partial charge in [-0.05, 0) is 19.1 Å². The minimum Gasteiger partial charge on any atom is -0.361 e. The second kappa shape index (κ2) is 6.97. The van der Waals surface area contributed by atoms with Crippen molar-refractivity contribution < 1.29 is 30.9 Å². The van der Waals surface area contributed by atoms with Crippen molar-refractivity contribution in [3.05, 3.63) is 47.3 Å². The van der Waals surface area contributed by atoms with Crippen LogP contribution in [-0.2, 0) is 16.2 Å². The number of halogens is 3. The van der Waals surface area contributed by atoms with E-state index in [9.17, 15) is 26.4 Å². The fourth-order valence-electron chi connectivity index (χ4n) is 2.83. The molecule has 0 N–H and O–H groups in total. The van der Waals surface area contributed by atoms with Crippen molar-refractivity contribution in [3.63, 3.8) is 0 Å². The predicted molar refractivity (Wildman–Crippen MR) is 87.3 cm³/mol. The fourth-order valence-corrected chi connectivity index (χ4v) is 4.46. The van der Waals surface area contributed by atoms with Crippen molar-refractivity contribution >= 4 is 15.9 Å². The van der Waals surface area contributed by atoms with Gasteiger partial charge in [-0.25, -0.2) is 8.42 Å². The van der Waals surface area contributed by atoms with Gasteiger partial charge in [0.05, 0.1) is 10.5 Å². The number of nitrogens with zero attached hydrogens (tertiary/aromatic N) is 3. The van der Waals surface area contributed by atoms with E-state index in [0.717, 1.165) is 22.5 Å². The summed E-state index contributed by atoms with van der Waals surface area (Å²) in [6.45, 7) is 1.48. The molecule has 3 rings (SSSR count). The molecule has 1 fully saturated rings. The van der Waals surface area contributed by atoms with Crippen LogP contribution in [0.25, 0.3) is 0 Å². The van der Waals surface area contributed by atoms with Gasteiger partial charge in [0.15, 0.2) is 5.69 Å². The Kier molecular flexibility index (Phi) is 5.00. The zero-order chi connectivity index (χ0) is 19.8. The molecule has 146 valence electrons. The number of carbonyl (C=O) groups excluding carboxylic acids is 1. The van der Waals surface area contributed by atoms with Crippen molar-refractivity contribution in [2.24, 2.45) is 0 Å². The fraction of sp³-hybridized carbons (Fsp3) is 0.375. The van der Waals surface area contributed by atoms with E-state index in [4.69, 9.17) is 4.52 Å². The largest absolute Gasteiger partial charge is 0.417 e. The molecule has 0 radical (unpaired) electrons.